The van der Waals surface area contributed by atoms with Crippen molar-refractivity contribution in [2.24, 2.45) is 0 Å². The molecular formula is C11H14IO2-. The maximum atomic E-state index is 5.75. The SMILES string of the molecule is CC(C)Oc1cccc2c1C[I-]CO2. The van der Waals surface area contributed by atoms with E-state index in [1.807, 2.05) is 18.2 Å². The first-order valence-electron chi connectivity index (χ1n) is 4.72. The van der Waals surface area contributed by atoms with Crippen LogP contribution in [0.5, 0.6) is 11.5 Å². The van der Waals surface area contributed by atoms with Crippen LogP contribution in [0.15, 0.2) is 18.2 Å². The van der Waals surface area contributed by atoms with Crippen LogP contribution < -0.4 is 30.7 Å². The van der Waals surface area contributed by atoms with Crippen LogP contribution in [0, 0.1) is 0 Å². The van der Waals surface area contributed by atoms with Crippen molar-refractivity contribution in [3.05, 3.63) is 23.8 Å². The molecule has 0 amide bonds. The monoisotopic (exact) mass is 305 g/mol. The molecule has 2 nitrogen and oxygen atoms in total. The molecule has 1 aromatic rings. The Labute approximate surface area is 94.9 Å². The molecule has 3 heteroatoms. The summed E-state index contributed by atoms with van der Waals surface area (Å²) >= 11 is 0.181. The van der Waals surface area contributed by atoms with Gasteiger partial charge >= 0.3 is 94.9 Å². The molecule has 0 aliphatic carbocycles. The van der Waals surface area contributed by atoms with Gasteiger partial charge in [-0.25, -0.2) is 0 Å². The Morgan fingerprint density at radius 3 is 3.07 bits per heavy atom. The normalized spacial score (nSPS) is 15.4. The molecule has 1 aliphatic heterocycles. The van der Waals surface area contributed by atoms with Crippen molar-refractivity contribution in [1.29, 1.82) is 0 Å². The molecule has 0 bridgehead atoms. The van der Waals surface area contributed by atoms with Gasteiger partial charge in [-0.1, -0.05) is 0 Å². The van der Waals surface area contributed by atoms with Gasteiger partial charge in [0.2, 0.25) is 0 Å². The summed E-state index contributed by atoms with van der Waals surface area (Å²) in [5.41, 5.74) is 1.28. The van der Waals surface area contributed by atoms with E-state index in [4.69, 9.17) is 9.47 Å². The molecule has 14 heavy (non-hydrogen) atoms. The van der Waals surface area contributed by atoms with Crippen molar-refractivity contribution in [2.45, 2.75) is 24.4 Å². The molecule has 0 saturated heterocycles. The second-order valence-electron chi connectivity index (χ2n) is 3.48. The van der Waals surface area contributed by atoms with Crippen LogP contribution in [0.4, 0.5) is 0 Å². The first-order chi connectivity index (χ1) is 6.77. The summed E-state index contributed by atoms with van der Waals surface area (Å²) in [6.45, 7) is 4.11. The Morgan fingerprint density at radius 2 is 2.29 bits per heavy atom. The Kier molecular flexibility index (Phi) is 3.15. The molecule has 0 radical (unpaired) electrons. The molecule has 0 spiro atoms. The molecule has 1 aromatic carbocycles. The third kappa shape index (κ3) is 2.13. The molecule has 0 unspecified atom stereocenters. The topological polar surface area (TPSA) is 18.5 Å². The summed E-state index contributed by atoms with van der Waals surface area (Å²) in [5, 5.41) is 0. The Bertz CT molecular complexity index is 323. The van der Waals surface area contributed by atoms with Crippen molar-refractivity contribution in [3.63, 3.8) is 0 Å². The molecule has 78 valence electrons. The van der Waals surface area contributed by atoms with E-state index in [2.05, 4.69) is 13.8 Å². The average Bonchev–Trinajstić information content (AvgIpc) is 2.18. The Morgan fingerprint density at radius 1 is 1.43 bits per heavy atom. The van der Waals surface area contributed by atoms with Gasteiger partial charge < -0.3 is 0 Å². The first-order valence-corrected chi connectivity index (χ1v) is 7.77. The fourth-order valence-corrected chi connectivity index (χ4v) is 3.47. The van der Waals surface area contributed by atoms with Gasteiger partial charge in [0, 0.05) is 0 Å². The predicted octanol–water partition coefficient (Wildman–Crippen LogP) is -0.587. The standard InChI is InChI=1S/C11H14IO2/c1-8(2)14-11-5-3-4-10-9(11)6-12-7-13-10/h3-5,8H,6-7H2,1-2H3/q-1. The molecule has 0 N–H and O–H groups in total. The van der Waals surface area contributed by atoms with Gasteiger partial charge in [-0.15, -0.1) is 0 Å². The number of rotatable bonds is 2. The number of fused-ring (bicyclic) bond motifs is 1. The predicted molar refractivity (Wildman–Crippen MR) is 51.4 cm³/mol. The van der Waals surface area contributed by atoms with Gasteiger partial charge in [0.25, 0.3) is 0 Å². The van der Waals surface area contributed by atoms with Crippen LogP contribution in [0.1, 0.15) is 19.4 Å². The van der Waals surface area contributed by atoms with E-state index in [0.717, 1.165) is 16.1 Å². The number of hydrogen-bond donors (Lipinski definition) is 0. The minimum atomic E-state index is 0.181. The summed E-state index contributed by atoms with van der Waals surface area (Å²) in [6, 6.07) is 6.07. The van der Waals surface area contributed by atoms with Gasteiger partial charge in [0.1, 0.15) is 0 Å². The summed E-state index contributed by atoms with van der Waals surface area (Å²) in [5.74, 6) is 2.03. The van der Waals surface area contributed by atoms with Gasteiger partial charge in [0.15, 0.2) is 0 Å². The van der Waals surface area contributed by atoms with Gasteiger partial charge in [-0.3, -0.25) is 0 Å². The van der Waals surface area contributed by atoms with Crippen LogP contribution >= 0.6 is 0 Å². The second-order valence-corrected chi connectivity index (χ2v) is 5.94. The summed E-state index contributed by atoms with van der Waals surface area (Å²) in [7, 11) is 0. The zero-order valence-corrected chi connectivity index (χ0v) is 10.6. The average molecular weight is 305 g/mol. The molecule has 1 heterocycles. The van der Waals surface area contributed by atoms with E-state index in [0.29, 0.717) is 0 Å². The van der Waals surface area contributed by atoms with Crippen molar-refractivity contribution in [2.75, 3.05) is 4.61 Å². The molecular weight excluding hydrogens is 291 g/mol. The van der Waals surface area contributed by atoms with E-state index in [9.17, 15) is 0 Å². The first kappa shape index (κ1) is 10.1. The van der Waals surface area contributed by atoms with Crippen LogP contribution in [-0.4, -0.2) is 10.7 Å². The second kappa shape index (κ2) is 4.38. The Balaban J connectivity index is 2.30. The van der Waals surface area contributed by atoms with E-state index in [1.165, 1.54) is 9.99 Å². The number of benzene rings is 1. The molecule has 0 fully saturated rings. The molecule has 0 aromatic heterocycles. The molecule has 0 saturated carbocycles. The fourth-order valence-electron chi connectivity index (χ4n) is 1.41. The number of alkyl halides is 2. The van der Waals surface area contributed by atoms with E-state index >= 15 is 0 Å². The summed E-state index contributed by atoms with van der Waals surface area (Å²) < 4.78 is 13.5. The fraction of sp³-hybridized carbons (Fsp3) is 0.455. The molecule has 1 aliphatic rings. The van der Waals surface area contributed by atoms with Crippen molar-refractivity contribution < 1.29 is 30.7 Å². The quantitative estimate of drug-likeness (QED) is 0.537. The summed E-state index contributed by atoms with van der Waals surface area (Å²) in [4.78, 5) is 0. The Hall–Kier alpha value is -0.450. The van der Waals surface area contributed by atoms with E-state index in [-0.39, 0.29) is 27.3 Å². The molecule has 2 rings (SSSR count). The van der Waals surface area contributed by atoms with E-state index in [1.54, 1.807) is 0 Å². The van der Waals surface area contributed by atoms with Crippen molar-refractivity contribution in [3.8, 4) is 11.5 Å². The zero-order chi connectivity index (χ0) is 9.97. The third-order valence-corrected chi connectivity index (χ3v) is 4.02. The van der Waals surface area contributed by atoms with Crippen LogP contribution in [0.25, 0.3) is 0 Å². The summed E-state index contributed by atoms with van der Waals surface area (Å²) in [6.07, 6.45) is 0.238. The minimum absolute atomic E-state index is 0.181. The van der Waals surface area contributed by atoms with Gasteiger partial charge in [-0.2, -0.15) is 0 Å². The van der Waals surface area contributed by atoms with Gasteiger partial charge in [-0.05, 0) is 0 Å². The van der Waals surface area contributed by atoms with Crippen molar-refractivity contribution >= 4 is 0 Å². The molecule has 0 atom stereocenters. The maximum absolute atomic E-state index is 5.75. The van der Waals surface area contributed by atoms with Gasteiger partial charge in [0.05, 0.1) is 0 Å². The van der Waals surface area contributed by atoms with Crippen LogP contribution in [0.2, 0.25) is 0 Å². The number of ether oxygens (including phenoxy) is 2. The van der Waals surface area contributed by atoms with E-state index < -0.39 is 0 Å². The number of halogens is 1. The zero-order valence-electron chi connectivity index (χ0n) is 8.42. The van der Waals surface area contributed by atoms with Crippen molar-refractivity contribution in [1.82, 2.24) is 0 Å². The van der Waals surface area contributed by atoms with Crippen LogP contribution in [-0.2, 0) is 4.43 Å². The third-order valence-electron chi connectivity index (χ3n) is 1.97. The van der Waals surface area contributed by atoms with Crippen LogP contribution in [0.3, 0.4) is 0 Å². The number of hydrogen-bond acceptors (Lipinski definition) is 2.